The number of amides is 1. The maximum Gasteiger partial charge on any atom is 0.258 e. The molecule has 1 saturated heterocycles. The highest BCUT2D eigenvalue weighted by Crippen LogP contribution is 2.48. The topological polar surface area (TPSA) is 38.3 Å². The summed E-state index contributed by atoms with van der Waals surface area (Å²) >= 11 is 3.81. The molecule has 1 atom stereocenters. The first-order chi connectivity index (χ1) is 12.1. The van der Waals surface area contributed by atoms with Crippen LogP contribution in [0.3, 0.4) is 0 Å². The summed E-state index contributed by atoms with van der Waals surface area (Å²) in [5.41, 5.74) is 1.99. The highest BCUT2D eigenvalue weighted by atomic mass is 32.2. The fourth-order valence-electron chi connectivity index (χ4n) is 2.61. The number of thioether (sulfide) groups is 2. The molecule has 1 aliphatic heterocycles. The normalized spacial score (nSPS) is 15.8. The first-order valence-corrected chi connectivity index (χ1v) is 10.2. The molecule has 1 fully saturated rings. The monoisotopic (exact) mass is 377 g/mol. The van der Waals surface area contributed by atoms with Gasteiger partial charge in [0.2, 0.25) is 0 Å². The van der Waals surface area contributed by atoms with E-state index >= 15 is 0 Å². The maximum atomic E-state index is 13.0. The average molecular weight is 378 g/mol. The first-order valence-electron chi connectivity index (χ1n) is 8.13. The Bertz CT molecular complexity index is 718. The van der Waals surface area contributed by atoms with E-state index < -0.39 is 0 Å². The van der Waals surface area contributed by atoms with Gasteiger partial charge in [-0.15, -0.1) is 23.5 Å². The minimum atomic E-state index is -0.287. The SMILES string of the molecule is CC(NC(=O)COc1ccccc1C1SCCS1)c1ccc(F)cc1. The molecule has 132 valence electrons. The zero-order chi connectivity index (χ0) is 17.6. The van der Waals surface area contributed by atoms with Crippen molar-refractivity contribution in [2.24, 2.45) is 0 Å². The second-order valence-corrected chi connectivity index (χ2v) is 8.47. The van der Waals surface area contributed by atoms with Gasteiger partial charge in [0.05, 0.1) is 10.6 Å². The molecular weight excluding hydrogens is 357 g/mol. The van der Waals surface area contributed by atoms with Crippen LogP contribution in [0.5, 0.6) is 5.75 Å². The summed E-state index contributed by atoms with van der Waals surface area (Å²) in [7, 11) is 0. The number of nitrogens with one attached hydrogen (secondary N) is 1. The number of carbonyl (C=O) groups excluding carboxylic acids is 1. The van der Waals surface area contributed by atoms with Crippen LogP contribution in [0.4, 0.5) is 4.39 Å². The zero-order valence-electron chi connectivity index (χ0n) is 13.9. The Balaban J connectivity index is 1.56. The lowest BCUT2D eigenvalue weighted by molar-refractivity contribution is -0.123. The predicted octanol–water partition coefficient (Wildman–Crippen LogP) is 4.56. The number of carbonyl (C=O) groups is 1. The van der Waals surface area contributed by atoms with Crippen molar-refractivity contribution in [2.45, 2.75) is 17.5 Å². The van der Waals surface area contributed by atoms with Crippen molar-refractivity contribution in [2.75, 3.05) is 18.1 Å². The molecule has 1 aliphatic rings. The molecule has 3 nitrogen and oxygen atoms in total. The summed E-state index contributed by atoms with van der Waals surface area (Å²) in [4.78, 5) is 12.2. The van der Waals surface area contributed by atoms with Gasteiger partial charge in [0, 0.05) is 17.1 Å². The van der Waals surface area contributed by atoms with E-state index in [0.717, 1.165) is 28.4 Å². The summed E-state index contributed by atoms with van der Waals surface area (Å²) in [6.45, 7) is 1.83. The highest BCUT2D eigenvalue weighted by Gasteiger charge is 2.22. The minimum absolute atomic E-state index is 0.0371. The van der Waals surface area contributed by atoms with E-state index in [-0.39, 0.29) is 24.4 Å². The molecule has 0 aliphatic carbocycles. The van der Waals surface area contributed by atoms with Crippen LogP contribution in [0.25, 0.3) is 0 Å². The largest absolute Gasteiger partial charge is 0.483 e. The lowest BCUT2D eigenvalue weighted by Crippen LogP contribution is -2.31. The number of halogens is 1. The fourth-order valence-corrected chi connectivity index (χ4v) is 5.51. The van der Waals surface area contributed by atoms with E-state index in [0.29, 0.717) is 4.58 Å². The van der Waals surface area contributed by atoms with Crippen molar-refractivity contribution >= 4 is 29.4 Å². The van der Waals surface area contributed by atoms with Gasteiger partial charge >= 0.3 is 0 Å². The van der Waals surface area contributed by atoms with Crippen LogP contribution in [-0.2, 0) is 4.79 Å². The molecule has 0 radical (unpaired) electrons. The van der Waals surface area contributed by atoms with Crippen molar-refractivity contribution in [1.82, 2.24) is 5.32 Å². The van der Waals surface area contributed by atoms with E-state index in [9.17, 15) is 9.18 Å². The molecular formula is C19H20FNO2S2. The molecule has 2 aromatic carbocycles. The maximum absolute atomic E-state index is 13.0. The third-order valence-electron chi connectivity index (χ3n) is 3.90. The van der Waals surface area contributed by atoms with E-state index in [4.69, 9.17) is 4.74 Å². The molecule has 3 rings (SSSR count). The van der Waals surface area contributed by atoms with Gasteiger partial charge in [-0.2, -0.15) is 0 Å². The second-order valence-electron chi connectivity index (χ2n) is 5.74. The first kappa shape index (κ1) is 18.1. The molecule has 0 spiro atoms. The molecule has 1 heterocycles. The lowest BCUT2D eigenvalue weighted by atomic mass is 10.1. The van der Waals surface area contributed by atoms with Gasteiger partial charge in [-0.1, -0.05) is 30.3 Å². The van der Waals surface area contributed by atoms with Crippen LogP contribution >= 0.6 is 23.5 Å². The molecule has 1 N–H and O–H groups in total. The standard InChI is InChI=1S/C19H20FNO2S2/c1-13(14-6-8-15(20)9-7-14)21-18(22)12-23-17-5-3-2-4-16(17)19-24-10-11-25-19/h2-9,13,19H,10-12H2,1H3,(H,21,22). The zero-order valence-corrected chi connectivity index (χ0v) is 15.5. The summed E-state index contributed by atoms with van der Waals surface area (Å²) in [5, 5.41) is 2.88. The number of benzene rings is 2. The Morgan fingerprint density at radius 1 is 1.20 bits per heavy atom. The van der Waals surface area contributed by atoms with E-state index in [1.54, 1.807) is 12.1 Å². The summed E-state index contributed by atoms with van der Waals surface area (Å²) in [6.07, 6.45) is 0. The van der Waals surface area contributed by atoms with Crippen LogP contribution in [0, 0.1) is 5.82 Å². The van der Waals surface area contributed by atoms with Crippen molar-refractivity contribution < 1.29 is 13.9 Å². The number of para-hydroxylation sites is 1. The van der Waals surface area contributed by atoms with Crippen LogP contribution in [-0.4, -0.2) is 24.0 Å². The number of ether oxygens (including phenoxy) is 1. The highest BCUT2D eigenvalue weighted by molar-refractivity contribution is 8.19. The Morgan fingerprint density at radius 2 is 1.88 bits per heavy atom. The summed E-state index contributed by atoms with van der Waals surface area (Å²) in [6, 6.07) is 13.8. The van der Waals surface area contributed by atoms with Crippen molar-refractivity contribution in [3.05, 3.63) is 65.5 Å². The van der Waals surface area contributed by atoms with Gasteiger partial charge in [-0.05, 0) is 30.7 Å². The third kappa shape index (κ3) is 4.92. The Hall–Kier alpha value is -1.66. The van der Waals surface area contributed by atoms with E-state index in [1.165, 1.54) is 12.1 Å². The third-order valence-corrected chi connectivity index (χ3v) is 6.97. The van der Waals surface area contributed by atoms with Gasteiger partial charge in [0.25, 0.3) is 5.91 Å². The predicted molar refractivity (Wildman–Crippen MR) is 103 cm³/mol. The Labute approximate surface area is 155 Å². The number of rotatable bonds is 6. The molecule has 0 saturated carbocycles. The van der Waals surface area contributed by atoms with E-state index in [1.807, 2.05) is 48.6 Å². The van der Waals surface area contributed by atoms with Crippen LogP contribution in [0.2, 0.25) is 0 Å². The summed E-state index contributed by atoms with van der Waals surface area (Å²) in [5.74, 6) is 2.56. The molecule has 6 heteroatoms. The van der Waals surface area contributed by atoms with Crippen LogP contribution < -0.4 is 10.1 Å². The van der Waals surface area contributed by atoms with Gasteiger partial charge in [0.1, 0.15) is 11.6 Å². The minimum Gasteiger partial charge on any atom is -0.483 e. The molecule has 25 heavy (non-hydrogen) atoms. The van der Waals surface area contributed by atoms with Crippen molar-refractivity contribution in [3.63, 3.8) is 0 Å². The van der Waals surface area contributed by atoms with Gasteiger partial charge in [-0.3, -0.25) is 4.79 Å². The molecule has 2 aromatic rings. The Morgan fingerprint density at radius 3 is 2.60 bits per heavy atom. The molecule has 0 bridgehead atoms. The fraction of sp³-hybridized carbons (Fsp3) is 0.316. The average Bonchev–Trinajstić information content (AvgIpc) is 3.15. The molecule has 1 amide bonds. The van der Waals surface area contributed by atoms with Crippen molar-refractivity contribution in [3.8, 4) is 5.75 Å². The van der Waals surface area contributed by atoms with Gasteiger partial charge in [0.15, 0.2) is 6.61 Å². The molecule has 1 unspecified atom stereocenters. The van der Waals surface area contributed by atoms with Crippen molar-refractivity contribution in [1.29, 1.82) is 0 Å². The quantitative estimate of drug-likeness (QED) is 0.801. The number of hydrogen-bond donors (Lipinski definition) is 1. The van der Waals surface area contributed by atoms with Crippen LogP contribution in [0.15, 0.2) is 48.5 Å². The second kappa shape index (κ2) is 8.63. The Kier molecular flexibility index (Phi) is 6.26. The smallest absolute Gasteiger partial charge is 0.258 e. The van der Waals surface area contributed by atoms with E-state index in [2.05, 4.69) is 11.4 Å². The van der Waals surface area contributed by atoms with Gasteiger partial charge in [-0.25, -0.2) is 4.39 Å². The van der Waals surface area contributed by atoms with Gasteiger partial charge < -0.3 is 10.1 Å². The van der Waals surface area contributed by atoms with Crippen LogP contribution in [0.1, 0.15) is 28.7 Å². The molecule has 0 aromatic heterocycles. The summed E-state index contributed by atoms with van der Waals surface area (Å²) < 4.78 is 19.1. The lowest BCUT2D eigenvalue weighted by Gasteiger charge is -2.17. The number of hydrogen-bond acceptors (Lipinski definition) is 4.